The van der Waals surface area contributed by atoms with Crippen molar-refractivity contribution in [2.45, 2.75) is 22.0 Å². The van der Waals surface area contributed by atoms with Gasteiger partial charge < -0.3 is 0 Å². The second-order valence-electron chi connectivity index (χ2n) is 2.93. The van der Waals surface area contributed by atoms with Crippen LogP contribution in [-0.2, 0) is 5.33 Å². The Hall–Kier alpha value is 0.200. The van der Waals surface area contributed by atoms with Crippen LogP contribution in [0, 0.1) is 0 Å². The molecular formula is C10H10Br2OS. The van der Waals surface area contributed by atoms with Gasteiger partial charge in [0, 0.05) is 15.8 Å². The van der Waals surface area contributed by atoms with Crippen molar-refractivity contribution in [1.29, 1.82) is 0 Å². The van der Waals surface area contributed by atoms with E-state index in [9.17, 15) is 4.79 Å². The Morgan fingerprint density at radius 2 is 2.21 bits per heavy atom. The van der Waals surface area contributed by atoms with E-state index in [1.54, 1.807) is 0 Å². The molecule has 0 saturated carbocycles. The minimum atomic E-state index is -0.173. The van der Waals surface area contributed by atoms with E-state index in [2.05, 4.69) is 44.5 Å². The minimum Gasteiger partial charge on any atom is -0.293 e. The van der Waals surface area contributed by atoms with Gasteiger partial charge in [-0.1, -0.05) is 44.0 Å². The lowest BCUT2D eigenvalue weighted by atomic mass is 10.0. The summed E-state index contributed by atoms with van der Waals surface area (Å²) >= 11 is 10.9. The van der Waals surface area contributed by atoms with E-state index in [-0.39, 0.29) is 10.6 Å². The highest BCUT2D eigenvalue weighted by atomic mass is 79.9. The second-order valence-corrected chi connectivity index (χ2v) is 5.34. The third-order valence-corrected chi connectivity index (χ3v) is 3.27. The van der Waals surface area contributed by atoms with Gasteiger partial charge >= 0.3 is 0 Å². The summed E-state index contributed by atoms with van der Waals surface area (Å²) in [5.41, 5.74) is 1.69. The van der Waals surface area contributed by atoms with Crippen molar-refractivity contribution in [3.63, 3.8) is 0 Å². The van der Waals surface area contributed by atoms with Crippen LogP contribution < -0.4 is 0 Å². The van der Waals surface area contributed by atoms with Gasteiger partial charge in [-0.15, -0.1) is 12.6 Å². The second kappa shape index (κ2) is 5.33. The van der Waals surface area contributed by atoms with Crippen molar-refractivity contribution in [2.24, 2.45) is 0 Å². The smallest absolute Gasteiger partial charge is 0.177 e. The first-order valence-electron chi connectivity index (χ1n) is 4.13. The summed E-state index contributed by atoms with van der Waals surface area (Å²) in [7, 11) is 0. The molecule has 1 rings (SSSR count). The number of benzene rings is 1. The Bertz CT molecular complexity index is 350. The molecule has 1 unspecified atom stereocenters. The molecular weight excluding hydrogens is 328 g/mol. The number of carbonyl (C=O) groups excluding carboxylic acids is 1. The average Bonchev–Trinajstić information content (AvgIpc) is 2.16. The lowest BCUT2D eigenvalue weighted by molar-refractivity contribution is 0.0992. The van der Waals surface area contributed by atoms with Crippen LogP contribution in [0.4, 0.5) is 0 Å². The van der Waals surface area contributed by atoms with E-state index < -0.39 is 0 Å². The van der Waals surface area contributed by atoms with Crippen LogP contribution in [0.3, 0.4) is 0 Å². The van der Waals surface area contributed by atoms with Crippen molar-refractivity contribution >= 4 is 50.3 Å². The lowest BCUT2D eigenvalue weighted by Gasteiger charge is -2.10. The van der Waals surface area contributed by atoms with E-state index in [4.69, 9.17) is 0 Å². The molecule has 0 aliphatic heterocycles. The number of halogens is 2. The molecule has 0 aromatic heterocycles. The molecule has 0 N–H and O–H groups in total. The molecule has 0 bridgehead atoms. The third-order valence-electron chi connectivity index (χ3n) is 1.88. The van der Waals surface area contributed by atoms with E-state index in [0.717, 1.165) is 10.5 Å². The molecule has 0 aliphatic rings. The van der Waals surface area contributed by atoms with Crippen molar-refractivity contribution in [3.8, 4) is 0 Å². The summed E-state index contributed by atoms with van der Waals surface area (Å²) in [6.07, 6.45) is 0. The third kappa shape index (κ3) is 2.61. The molecule has 1 atom stereocenters. The molecule has 1 aromatic rings. The van der Waals surface area contributed by atoms with Gasteiger partial charge in [-0.25, -0.2) is 0 Å². The number of rotatable bonds is 3. The summed E-state index contributed by atoms with van der Waals surface area (Å²) < 4.78 is 0. The summed E-state index contributed by atoms with van der Waals surface area (Å²) in [6, 6.07) is 5.66. The standard InChI is InChI=1S/C10H10Br2OS/c1-6(12)10(13)9-7(5-11)3-2-4-8(9)14/h2-4,6,14H,5H2,1H3. The van der Waals surface area contributed by atoms with Gasteiger partial charge in [-0.2, -0.15) is 0 Å². The maximum absolute atomic E-state index is 11.8. The number of carbonyl (C=O) groups is 1. The molecule has 1 nitrogen and oxygen atoms in total. The van der Waals surface area contributed by atoms with Gasteiger partial charge in [-0.05, 0) is 18.6 Å². The molecule has 0 heterocycles. The average molecular weight is 338 g/mol. The van der Waals surface area contributed by atoms with Crippen molar-refractivity contribution in [3.05, 3.63) is 29.3 Å². The van der Waals surface area contributed by atoms with E-state index >= 15 is 0 Å². The first-order chi connectivity index (χ1) is 6.57. The van der Waals surface area contributed by atoms with E-state index in [1.165, 1.54) is 0 Å². The quantitative estimate of drug-likeness (QED) is 0.504. The molecule has 4 heteroatoms. The van der Waals surface area contributed by atoms with Gasteiger partial charge in [0.05, 0.1) is 4.83 Å². The highest BCUT2D eigenvalue weighted by molar-refractivity contribution is 9.10. The summed E-state index contributed by atoms with van der Waals surface area (Å²) in [4.78, 5) is 12.4. The van der Waals surface area contributed by atoms with E-state index in [1.807, 2.05) is 25.1 Å². The van der Waals surface area contributed by atoms with Crippen molar-refractivity contribution < 1.29 is 4.79 Å². The van der Waals surface area contributed by atoms with Gasteiger partial charge in [0.1, 0.15) is 0 Å². The maximum atomic E-state index is 11.8. The number of alkyl halides is 2. The number of ketones is 1. The van der Waals surface area contributed by atoms with Crippen molar-refractivity contribution in [2.75, 3.05) is 0 Å². The zero-order chi connectivity index (χ0) is 10.7. The molecule has 0 amide bonds. The predicted molar refractivity (Wildman–Crippen MR) is 69.0 cm³/mol. The predicted octanol–water partition coefficient (Wildman–Crippen LogP) is 3.84. The zero-order valence-corrected chi connectivity index (χ0v) is 11.7. The Balaban J connectivity index is 3.23. The zero-order valence-electron chi connectivity index (χ0n) is 7.63. The Morgan fingerprint density at radius 1 is 1.57 bits per heavy atom. The summed E-state index contributed by atoms with van der Waals surface area (Å²) in [6.45, 7) is 1.82. The number of Topliss-reactive ketones (excluding diaryl/α,β-unsaturated/α-hetero) is 1. The van der Waals surface area contributed by atoms with Crippen LogP contribution in [0.15, 0.2) is 23.1 Å². The Labute approximate surface area is 106 Å². The highest BCUT2D eigenvalue weighted by Gasteiger charge is 2.17. The molecule has 1 aromatic carbocycles. The first-order valence-corrected chi connectivity index (χ1v) is 6.61. The SMILES string of the molecule is CC(Br)C(=O)c1c(S)cccc1CBr. The highest BCUT2D eigenvalue weighted by Crippen LogP contribution is 2.23. The molecule has 76 valence electrons. The van der Waals surface area contributed by atoms with Gasteiger partial charge in [0.2, 0.25) is 0 Å². The number of hydrogen-bond donors (Lipinski definition) is 1. The van der Waals surface area contributed by atoms with Crippen molar-refractivity contribution in [1.82, 2.24) is 0 Å². The first kappa shape index (κ1) is 12.3. The molecule has 0 fully saturated rings. The Morgan fingerprint density at radius 3 is 2.71 bits per heavy atom. The molecule has 0 saturated heterocycles. The minimum absolute atomic E-state index is 0.0741. The number of thiol groups is 1. The van der Waals surface area contributed by atoms with Gasteiger partial charge in [0.15, 0.2) is 5.78 Å². The van der Waals surface area contributed by atoms with E-state index in [0.29, 0.717) is 10.9 Å². The molecule has 14 heavy (non-hydrogen) atoms. The summed E-state index contributed by atoms with van der Waals surface area (Å²) in [5.74, 6) is 0.0741. The monoisotopic (exact) mass is 336 g/mol. The van der Waals surface area contributed by atoms with Gasteiger partial charge in [0.25, 0.3) is 0 Å². The largest absolute Gasteiger partial charge is 0.293 e. The van der Waals surface area contributed by atoms with Crippen LogP contribution in [0.1, 0.15) is 22.8 Å². The lowest BCUT2D eigenvalue weighted by Crippen LogP contribution is -2.13. The van der Waals surface area contributed by atoms with Gasteiger partial charge in [-0.3, -0.25) is 4.79 Å². The topological polar surface area (TPSA) is 17.1 Å². The maximum Gasteiger partial charge on any atom is 0.177 e. The normalized spacial score (nSPS) is 12.6. The Kier molecular flexibility index (Phi) is 4.67. The van der Waals surface area contributed by atoms with Crippen LogP contribution in [-0.4, -0.2) is 10.6 Å². The number of hydrogen-bond acceptors (Lipinski definition) is 2. The van der Waals surface area contributed by atoms with Crippen LogP contribution >= 0.6 is 44.5 Å². The van der Waals surface area contributed by atoms with Crippen LogP contribution in [0.2, 0.25) is 0 Å². The molecule has 0 aliphatic carbocycles. The molecule has 0 radical (unpaired) electrons. The van der Waals surface area contributed by atoms with Crippen LogP contribution in [0.25, 0.3) is 0 Å². The molecule has 0 spiro atoms. The fraction of sp³-hybridized carbons (Fsp3) is 0.300. The van der Waals surface area contributed by atoms with Crippen LogP contribution in [0.5, 0.6) is 0 Å². The summed E-state index contributed by atoms with van der Waals surface area (Å²) in [5, 5.41) is 0.669. The fourth-order valence-corrected chi connectivity index (χ4v) is 2.22. The fourth-order valence-electron chi connectivity index (χ4n) is 1.18.